The monoisotopic (exact) mass is 246 g/mol. The number of nitrogens with zero attached hydrogens (tertiary/aromatic N) is 2. The Morgan fingerprint density at radius 1 is 0.944 bits per heavy atom. The summed E-state index contributed by atoms with van der Waals surface area (Å²) in [6, 6.07) is 5.64. The van der Waals surface area contributed by atoms with E-state index in [9.17, 15) is 15.2 Å². The molecule has 0 aliphatic rings. The number of nitrogens with one attached hydrogen (secondary N) is 2. The Labute approximate surface area is 102 Å². The van der Waals surface area contributed by atoms with Gasteiger partial charge < -0.3 is 21.0 Å². The van der Waals surface area contributed by atoms with Crippen LogP contribution in [0.2, 0.25) is 0 Å². The molecule has 18 heavy (non-hydrogen) atoms. The minimum atomic E-state index is -0.535. The van der Waals surface area contributed by atoms with Gasteiger partial charge in [0, 0.05) is 12.1 Å². The SMILES string of the molecule is O=C(Nc1ccc[n+]([O-])c1)Nc1ccc[n+]([O-])c1. The molecule has 0 saturated heterocycles. The lowest BCUT2D eigenvalue weighted by Crippen LogP contribution is -2.28. The quantitative estimate of drug-likeness (QED) is 0.600. The highest BCUT2D eigenvalue weighted by molar-refractivity contribution is 5.99. The number of hydrogen-bond donors (Lipinski definition) is 2. The molecule has 0 aliphatic heterocycles. The number of carbonyl (C=O) groups is 1. The minimum Gasteiger partial charge on any atom is -0.619 e. The summed E-state index contributed by atoms with van der Waals surface area (Å²) in [5, 5.41) is 26.9. The van der Waals surface area contributed by atoms with Crippen molar-refractivity contribution < 1.29 is 14.3 Å². The normalized spacial score (nSPS) is 9.78. The fourth-order valence-corrected chi connectivity index (χ4v) is 1.35. The van der Waals surface area contributed by atoms with Gasteiger partial charge in [0.05, 0.1) is 0 Å². The lowest BCUT2D eigenvalue weighted by Gasteiger charge is -2.06. The molecule has 2 aromatic heterocycles. The van der Waals surface area contributed by atoms with Crippen LogP contribution in [-0.4, -0.2) is 6.03 Å². The van der Waals surface area contributed by atoms with Gasteiger partial charge in [-0.15, -0.1) is 0 Å². The second-order valence-corrected chi connectivity index (χ2v) is 3.48. The largest absolute Gasteiger partial charge is 0.619 e. The van der Waals surface area contributed by atoms with Crippen LogP contribution < -0.4 is 20.1 Å². The Kier molecular flexibility index (Phi) is 3.24. The number of hydrogen-bond acceptors (Lipinski definition) is 3. The van der Waals surface area contributed by atoms with Gasteiger partial charge in [0.25, 0.3) is 0 Å². The van der Waals surface area contributed by atoms with Gasteiger partial charge in [-0.05, 0) is 12.1 Å². The van der Waals surface area contributed by atoms with E-state index in [2.05, 4.69) is 10.6 Å². The maximum absolute atomic E-state index is 11.6. The van der Waals surface area contributed by atoms with E-state index >= 15 is 0 Å². The first kappa shape index (κ1) is 11.6. The molecule has 0 aliphatic carbocycles. The molecule has 0 spiro atoms. The highest BCUT2D eigenvalue weighted by atomic mass is 16.5. The molecule has 0 aromatic carbocycles. The van der Waals surface area contributed by atoms with Gasteiger partial charge in [-0.2, -0.15) is 9.46 Å². The van der Waals surface area contributed by atoms with Gasteiger partial charge in [0.1, 0.15) is 11.4 Å². The molecule has 0 radical (unpaired) electrons. The van der Waals surface area contributed by atoms with Gasteiger partial charge in [-0.25, -0.2) is 4.79 Å². The maximum atomic E-state index is 11.6. The van der Waals surface area contributed by atoms with Crippen LogP contribution in [0.1, 0.15) is 0 Å². The van der Waals surface area contributed by atoms with E-state index in [-0.39, 0.29) is 0 Å². The van der Waals surface area contributed by atoms with E-state index in [0.29, 0.717) is 20.8 Å². The van der Waals surface area contributed by atoms with E-state index in [1.165, 1.54) is 36.9 Å². The average Bonchev–Trinajstić information content (AvgIpc) is 2.28. The van der Waals surface area contributed by atoms with Crippen molar-refractivity contribution in [1.29, 1.82) is 0 Å². The second kappa shape index (κ2) is 5.00. The van der Waals surface area contributed by atoms with Gasteiger partial charge >= 0.3 is 6.03 Å². The zero-order valence-electron chi connectivity index (χ0n) is 9.24. The number of aromatic nitrogens is 2. The van der Waals surface area contributed by atoms with Crippen LogP contribution in [0.25, 0.3) is 0 Å². The third kappa shape index (κ3) is 3.08. The Bertz CT molecular complexity index is 524. The molecule has 2 N–H and O–H groups in total. The Balaban J connectivity index is 2.01. The Hall–Kier alpha value is -2.83. The van der Waals surface area contributed by atoms with Crippen LogP contribution in [0.3, 0.4) is 0 Å². The fourth-order valence-electron chi connectivity index (χ4n) is 1.35. The molecule has 2 aromatic rings. The standard InChI is InChI=1S/C11H10N4O3/c16-11(12-9-3-1-5-14(17)7-9)13-10-4-2-6-15(18)8-10/h1-8H,(H2,12,13,16). The van der Waals surface area contributed by atoms with Crippen LogP contribution in [0.5, 0.6) is 0 Å². The molecular weight excluding hydrogens is 236 g/mol. The molecule has 7 heteroatoms. The van der Waals surface area contributed by atoms with E-state index in [0.717, 1.165) is 0 Å². The fraction of sp³-hybridized carbons (Fsp3) is 0. The van der Waals surface area contributed by atoms with Crippen molar-refractivity contribution in [1.82, 2.24) is 0 Å². The average molecular weight is 246 g/mol. The topological polar surface area (TPSA) is 95.0 Å². The van der Waals surface area contributed by atoms with E-state index in [1.807, 2.05) is 0 Å². The summed E-state index contributed by atoms with van der Waals surface area (Å²) in [6.45, 7) is 0. The Morgan fingerprint density at radius 2 is 1.39 bits per heavy atom. The summed E-state index contributed by atoms with van der Waals surface area (Å²) in [4.78, 5) is 11.6. The second-order valence-electron chi connectivity index (χ2n) is 3.48. The van der Waals surface area contributed by atoms with Gasteiger partial charge in [0.15, 0.2) is 12.4 Å². The molecule has 7 nitrogen and oxygen atoms in total. The predicted molar refractivity (Wildman–Crippen MR) is 63.4 cm³/mol. The first-order valence-corrected chi connectivity index (χ1v) is 5.09. The number of rotatable bonds is 2. The van der Waals surface area contributed by atoms with Crippen molar-refractivity contribution in [2.45, 2.75) is 0 Å². The zero-order chi connectivity index (χ0) is 13.0. The van der Waals surface area contributed by atoms with Crippen LogP contribution in [-0.2, 0) is 0 Å². The van der Waals surface area contributed by atoms with Gasteiger partial charge in [0.2, 0.25) is 12.4 Å². The molecule has 92 valence electrons. The molecule has 0 saturated carbocycles. The van der Waals surface area contributed by atoms with Crippen LogP contribution >= 0.6 is 0 Å². The van der Waals surface area contributed by atoms with Crippen LogP contribution in [0.4, 0.5) is 16.2 Å². The third-order valence-electron chi connectivity index (χ3n) is 2.07. The molecule has 2 rings (SSSR count). The molecule has 0 unspecified atom stereocenters. The van der Waals surface area contributed by atoms with Crippen molar-refractivity contribution in [3.63, 3.8) is 0 Å². The minimum absolute atomic E-state index is 0.357. The molecule has 0 atom stereocenters. The van der Waals surface area contributed by atoms with E-state index in [1.54, 1.807) is 12.1 Å². The first-order chi connectivity index (χ1) is 8.63. The van der Waals surface area contributed by atoms with Crippen molar-refractivity contribution in [2.24, 2.45) is 0 Å². The van der Waals surface area contributed by atoms with E-state index < -0.39 is 6.03 Å². The summed E-state index contributed by atoms with van der Waals surface area (Å²) in [7, 11) is 0. The van der Waals surface area contributed by atoms with E-state index in [4.69, 9.17) is 0 Å². The summed E-state index contributed by atoms with van der Waals surface area (Å²) < 4.78 is 1.15. The number of amides is 2. The van der Waals surface area contributed by atoms with Gasteiger partial charge in [-0.1, -0.05) is 0 Å². The number of anilines is 2. The summed E-state index contributed by atoms with van der Waals surface area (Å²) in [6.07, 6.45) is 5.05. The number of carbonyl (C=O) groups excluding carboxylic acids is 1. The number of pyridine rings is 2. The summed E-state index contributed by atoms with van der Waals surface area (Å²) in [5.41, 5.74) is 0.715. The smallest absolute Gasteiger partial charge is 0.324 e. The van der Waals surface area contributed by atoms with Crippen LogP contribution in [0, 0.1) is 10.4 Å². The molecule has 2 heterocycles. The van der Waals surface area contributed by atoms with Crippen molar-refractivity contribution >= 4 is 17.4 Å². The first-order valence-electron chi connectivity index (χ1n) is 5.09. The highest BCUT2D eigenvalue weighted by Gasteiger charge is 2.06. The van der Waals surface area contributed by atoms with Gasteiger partial charge in [-0.3, -0.25) is 0 Å². The zero-order valence-corrected chi connectivity index (χ0v) is 9.24. The Morgan fingerprint density at radius 3 is 1.78 bits per heavy atom. The molecule has 0 bridgehead atoms. The van der Waals surface area contributed by atoms with Crippen LogP contribution in [0.15, 0.2) is 49.1 Å². The lowest BCUT2D eigenvalue weighted by molar-refractivity contribution is -0.604. The lowest BCUT2D eigenvalue weighted by atomic mass is 10.4. The van der Waals surface area contributed by atoms with Crippen molar-refractivity contribution in [3.05, 3.63) is 59.5 Å². The predicted octanol–water partition coefficient (Wildman–Crippen LogP) is 0.597. The summed E-state index contributed by atoms with van der Waals surface area (Å²) >= 11 is 0. The molecule has 2 amide bonds. The highest BCUT2D eigenvalue weighted by Crippen LogP contribution is 2.05. The number of urea groups is 1. The molecule has 0 fully saturated rings. The molecular formula is C11H10N4O3. The van der Waals surface area contributed by atoms with Crippen molar-refractivity contribution in [2.75, 3.05) is 10.6 Å². The summed E-state index contributed by atoms with van der Waals surface area (Å²) in [5.74, 6) is 0. The third-order valence-corrected chi connectivity index (χ3v) is 2.07. The van der Waals surface area contributed by atoms with Crippen molar-refractivity contribution in [3.8, 4) is 0 Å². The maximum Gasteiger partial charge on any atom is 0.324 e.